The minimum Gasteiger partial charge on any atom is -0.330 e. The molecule has 0 radical (unpaired) electrons. The van der Waals surface area contributed by atoms with Gasteiger partial charge in [-0.1, -0.05) is 6.92 Å². The Balaban J connectivity index is 2.09. The summed E-state index contributed by atoms with van der Waals surface area (Å²) in [5, 5.41) is 0. The average Bonchev–Trinajstić information content (AvgIpc) is 2.69. The first kappa shape index (κ1) is 12.4. The van der Waals surface area contributed by atoms with Gasteiger partial charge in [0, 0.05) is 29.8 Å². The van der Waals surface area contributed by atoms with Crippen LogP contribution in [0.5, 0.6) is 0 Å². The average molecular weight is 259 g/mol. The summed E-state index contributed by atoms with van der Waals surface area (Å²) in [5.41, 5.74) is 9.09. The molecule has 0 bridgehead atoms. The molecular weight excluding hydrogens is 241 g/mol. The normalized spacial score (nSPS) is 22.3. The molecule has 2 unspecified atom stereocenters. The third kappa shape index (κ3) is 2.06. The number of rotatable bonds is 1. The molecule has 1 aromatic carbocycles. The van der Waals surface area contributed by atoms with Crippen LogP contribution in [0.1, 0.15) is 30.8 Å². The lowest BCUT2D eigenvalue weighted by atomic mass is 9.98. The zero-order valence-corrected chi connectivity index (χ0v) is 11.2. The summed E-state index contributed by atoms with van der Waals surface area (Å²) in [6.45, 7) is 5.03. The molecule has 0 amide bonds. The van der Waals surface area contributed by atoms with Crippen LogP contribution in [0.25, 0.3) is 11.3 Å². The third-order valence-electron chi connectivity index (χ3n) is 3.88. The Morgan fingerprint density at radius 2 is 2.00 bits per heavy atom. The van der Waals surface area contributed by atoms with Gasteiger partial charge in [-0.05, 0) is 37.6 Å². The second-order valence-corrected chi connectivity index (χ2v) is 5.42. The first-order chi connectivity index (χ1) is 9.06. The largest absolute Gasteiger partial charge is 0.330 e. The molecule has 1 aliphatic rings. The van der Waals surface area contributed by atoms with Gasteiger partial charge in [-0.2, -0.15) is 0 Å². The Labute approximate surface area is 112 Å². The highest BCUT2D eigenvalue weighted by atomic mass is 19.1. The van der Waals surface area contributed by atoms with E-state index in [1.54, 1.807) is 12.1 Å². The Morgan fingerprint density at radius 1 is 1.32 bits per heavy atom. The molecule has 0 fully saturated rings. The monoisotopic (exact) mass is 259 g/mol. The van der Waals surface area contributed by atoms with Crippen molar-refractivity contribution < 1.29 is 4.39 Å². The maximum Gasteiger partial charge on any atom is 0.123 e. The predicted molar refractivity (Wildman–Crippen MR) is 73.4 cm³/mol. The van der Waals surface area contributed by atoms with Crippen molar-refractivity contribution in [2.75, 3.05) is 0 Å². The van der Waals surface area contributed by atoms with Crippen LogP contribution in [0.15, 0.2) is 24.3 Å². The molecule has 2 N–H and O–H groups in total. The van der Waals surface area contributed by atoms with Gasteiger partial charge in [-0.3, -0.25) is 0 Å². The van der Waals surface area contributed by atoms with Crippen molar-refractivity contribution in [3.05, 3.63) is 41.6 Å². The van der Waals surface area contributed by atoms with Gasteiger partial charge < -0.3 is 10.3 Å². The second kappa shape index (κ2) is 4.46. The minimum absolute atomic E-state index is 0.191. The minimum atomic E-state index is -0.222. The predicted octanol–water partition coefficient (Wildman–Crippen LogP) is 2.83. The summed E-state index contributed by atoms with van der Waals surface area (Å²) in [6, 6.07) is 6.70. The molecule has 3 nitrogen and oxygen atoms in total. The SMILES string of the molecule is Cc1c(-c2ccc(F)cc2)nc2n1CC(N)CC2C. The van der Waals surface area contributed by atoms with E-state index in [-0.39, 0.29) is 11.9 Å². The van der Waals surface area contributed by atoms with E-state index in [2.05, 4.69) is 18.4 Å². The van der Waals surface area contributed by atoms with Crippen molar-refractivity contribution in [3.63, 3.8) is 0 Å². The maximum atomic E-state index is 13.0. The van der Waals surface area contributed by atoms with Crippen molar-refractivity contribution in [2.45, 2.75) is 38.8 Å². The van der Waals surface area contributed by atoms with Crippen molar-refractivity contribution in [1.29, 1.82) is 0 Å². The van der Waals surface area contributed by atoms with Gasteiger partial charge in [0.25, 0.3) is 0 Å². The van der Waals surface area contributed by atoms with E-state index in [0.717, 1.165) is 35.7 Å². The van der Waals surface area contributed by atoms with E-state index < -0.39 is 0 Å². The number of nitrogens with two attached hydrogens (primary N) is 1. The molecule has 0 saturated heterocycles. The van der Waals surface area contributed by atoms with E-state index in [9.17, 15) is 4.39 Å². The Morgan fingerprint density at radius 3 is 2.68 bits per heavy atom. The van der Waals surface area contributed by atoms with Crippen LogP contribution < -0.4 is 5.73 Å². The molecule has 0 spiro atoms. The molecule has 19 heavy (non-hydrogen) atoms. The number of nitrogens with zero attached hydrogens (tertiary/aromatic N) is 2. The van der Waals surface area contributed by atoms with Crippen LogP contribution in [0, 0.1) is 12.7 Å². The molecule has 0 aliphatic carbocycles. The highest BCUT2D eigenvalue weighted by molar-refractivity contribution is 5.62. The van der Waals surface area contributed by atoms with Gasteiger partial charge in [-0.25, -0.2) is 9.37 Å². The molecule has 100 valence electrons. The van der Waals surface area contributed by atoms with Crippen LogP contribution in [0.3, 0.4) is 0 Å². The Kier molecular flexibility index (Phi) is 2.90. The molecular formula is C15H18FN3. The number of imidazole rings is 1. The van der Waals surface area contributed by atoms with Crippen LogP contribution in [-0.2, 0) is 6.54 Å². The first-order valence-electron chi connectivity index (χ1n) is 6.65. The topological polar surface area (TPSA) is 43.8 Å². The third-order valence-corrected chi connectivity index (χ3v) is 3.88. The van der Waals surface area contributed by atoms with E-state index in [0.29, 0.717) is 5.92 Å². The van der Waals surface area contributed by atoms with Crippen molar-refractivity contribution in [3.8, 4) is 11.3 Å². The maximum absolute atomic E-state index is 13.0. The number of aromatic nitrogens is 2. The number of halogens is 1. The van der Waals surface area contributed by atoms with Crippen molar-refractivity contribution >= 4 is 0 Å². The smallest absolute Gasteiger partial charge is 0.123 e. The molecule has 3 rings (SSSR count). The highest BCUT2D eigenvalue weighted by Gasteiger charge is 2.26. The summed E-state index contributed by atoms with van der Waals surface area (Å²) < 4.78 is 15.2. The van der Waals surface area contributed by atoms with Gasteiger partial charge in [0.2, 0.25) is 0 Å². The number of fused-ring (bicyclic) bond motifs is 1. The lowest BCUT2D eigenvalue weighted by Crippen LogP contribution is -2.34. The first-order valence-corrected chi connectivity index (χ1v) is 6.65. The second-order valence-electron chi connectivity index (χ2n) is 5.42. The molecule has 4 heteroatoms. The van der Waals surface area contributed by atoms with Gasteiger partial charge in [0.15, 0.2) is 0 Å². The lowest BCUT2D eigenvalue weighted by Gasteiger charge is -2.26. The number of hydrogen-bond acceptors (Lipinski definition) is 2. The van der Waals surface area contributed by atoms with Crippen LogP contribution in [0.4, 0.5) is 4.39 Å². The van der Waals surface area contributed by atoms with E-state index in [1.165, 1.54) is 12.1 Å². The van der Waals surface area contributed by atoms with Crippen LogP contribution in [0.2, 0.25) is 0 Å². The summed E-state index contributed by atoms with van der Waals surface area (Å²) in [7, 11) is 0. The Hall–Kier alpha value is -1.68. The molecule has 1 aliphatic heterocycles. The van der Waals surface area contributed by atoms with Gasteiger partial charge in [-0.15, -0.1) is 0 Å². The lowest BCUT2D eigenvalue weighted by molar-refractivity contribution is 0.403. The summed E-state index contributed by atoms with van der Waals surface area (Å²) >= 11 is 0. The van der Waals surface area contributed by atoms with E-state index in [1.807, 2.05) is 0 Å². The fourth-order valence-corrected chi connectivity index (χ4v) is 2.91. The van der Waals surface area contributed by atoms with Gasteiger partial charge in [0.05, 0.1) is 5.69 Å². The van der Waals surface area contributed by atoms with Crippen molar-refractivity contribution in [2.24, 2.45) is 5.73 Å². The summed E-state index contributed by atoms with van der Waals surface area (Å²) in [5.74, 6) is 1.25. The molecule has 1 aromatic heterocycles. The molecule has 2 heterocycles. The van der Waals surface area contributed by atoms with E-state index >= 15 is 0 Å². The Bertz CT molecular complexity index is 601. The zero-order valence-electron chi connectivity index (χ0n) is 11.2. The van der Waals surface area contributed by atoms with E-state index in [4.69, 9.17) is 10.7 Å². The zero-order chi connectivity index (χ0) is 13.6. The number of hydrogen-bond donors (Lipinski definition) is 1. The van der Waals surface area contributed by atoms with Crippen LogP contribution >= 0.6 is 0 Å². The van der Waals surface area contributed by atoms with Crippen LogP contribution in [-0.4, -0.2) is 15.6 Å². The standard InChI is InChI=1S/C15H18FN3/c1-9-7-13(17)8-19-10(2)14(18-15(9)19)11-3-5-12(16)6-4-11/h3-6,9,13H,7-8,17H2,1-2H3. The molecule has 0 saturated carbocycles. The summed E-state index contributed by atoms with van der Waals surface area (Å²) in [4.78, 5) is 4.75. The molecule has 2 atom stereocenters. The fraction of sp³-hybridized carbons (Fsp3) is 0.400. The van der Waals surface area contributed by atoms with Gasteiger partial charge in [0.1, 0.15) is 11.6 Å². The quantitative estimate of drug-likeness (QED) is 0.855. The highest BCUT2D eigenvalue weighted by Crippen LogP contribution is 2.32. The van der Waals surface area contributed by atoms with Gasteiger partial charge >= 0.3 is 0 Å². The summed E-state index contributed by atoms with van der Waals surface area (Å²) in [6.07, 6.45) is 0.972. The fourth-order valence-electron chi connectivity index (χ4n) is 2.91. The molecule has 2 aromatic rings. The number of benzene rings is 1. The van der Waals surface area contributed by atoms with Crippen molar-refractivity contribution in [1.82, 2.24) is 9.55 Å².